The molecule has 2 N–H and O–H groups in total. The molecule has 0 aliphatic rings. The van der Waals surface area contributed by atoms with Crippen LogP contribution in [0.25, 0.3) is 0 Å². The molecule has 0 radical (unpaired) electrons. The van der Waals surface area contributed by atoms with E-state index in [1.54, 1.807) is 18.3 Å². The molecule has 0 bridgehead atoms. The standard InChI is InChI=1S/C23H25N3O2/c1-17(2)28-21-11-7-6-10-20(21)26-23(27)19-13-15-25-22(16-19)24-14-12-18-8-4-3-5-9-18/h3-11,13,15-17H,12,14H2,1-2H3,(H,24,25)(H,26,27). The molecule has 0 aliphatic carbocycles. The Morgan fingerprint density at radius 1 is 1.04 bits per heavy atom. The van der Waals surface area contributed by atoms with E-state index in [1.165, 1.54) is 5.56 Å². The molecule has 3 aromatic rings. The zero-order valence-electron chi connectivity index (χ0n) is 16.2. The Bertz CT molecular complexity index is 910. The molecule has 144 valence electrons. The van der Waals surface area contributed by atoms with E-state index in [0.717, 1.165) is 13.0 Å². The molecule has 28 heavy (non-hydrogen) atoms. The molecule has 2 aromatic carbocycles. The van der Waals surface area contributed by atoms with E-state index < -0.39 is 0 Å². The molecule has 5 nitrogen and oxygen atoms in total. The first-order chi connectivity index (χ1) is 13.6. The molecular weight excluding hydrogens is 350 g/mol. The highest BCUT2D eigenvalue weighted by molar-refractivity contribution is 6.05. The van der Waals surface area contributed by atoms with Crippen molar-refractivity contribution in [2.75, 3.05) is 17.2 Å². The zero-order valence-corrected chi connectivity index (χ0v) is 16.2. The number of nitrogens with zero attached hydrogens (tertiary/aromatic N) is 1. The maximum Gasteiger partial charge on any atom is 0.255 e. The number of amides is 1. The van der Waals surface area contributed by atoms with Gasteiger partial charge in [-0.25, -0.2) is 4.98 Å². The normalized spacial score (nSPS) is 10.5. The van der Waals surface area contributed by atoms with Gasteiger partial charge in [-0.1, -0.05) is 42.5 Å². The van der Waals surface area contributed by atoms with E-state index in [0.29, 0.717) is 22.8 Å². The first kappa shape index (κ1) is 19.4. The van der Waals surface area contributed by atoms with Gasteiger partial charge in [0.2, 0.25) is 0 Å². The Balaban J connectivity index is 1.62. The number of hydrogen-bond acceptors (Lipinski definition) is 4. The van der Waals surface area contributed by atoms with Gasteiger partial charge in [0, 0.05) is 18.3 Å². The fraction of sp³-hybridized carbons (Fsp3) is 0.217. The Morgan fingerprint density at radius 3 is 2.57 bits per heavy atom. The van der Waals surface area contributed by atoms with Gasteiger partial charge < -0.3 is 15.4 Å². The minimum Gasteiger partial charge on any atom is -0.489 e. The van der Waals surface area contributed by atoms with Gasteiger partial charge in [-0.2, -0.15) is 0 Å². The van der Waals surface area contributed by atoms with Crippen molar-refractivity contribution in [3.63, 3.8) is 0 Å². The summed E-state index contributed by atoms with van der Waals surface area (Å²) in [6, 6.07) is 21.1. The first-order valence-corrected chi connectivity index (χ1v) is 9.42. The Kier molecular flexibility index (Phi) is 6.63. The number of para-hydroxylation sites is 2. The lowest BCUT2D eigenvalue weighted by molar-refractivity contribution is 0.102. The van der Waals surface area contributed by atoms with E-state index in [9.17, 15) is 4.79 Å². The molecule has 0 fully saturated rings. The van der Waals surface area contributed by atoms with E-state index in [4.69, 9.17) is 4.74 Å². The SMILES string of the molecule is CC(C)Oc1ccccc1NC(=O)c1ccnc(NCCc2ccccc2)c1. The molecule has 1 amide bonds. The van der Waals surface area contributed by atoms with Crippen LogP contribution in [0.3, 0.4) is 0 Å². The van der Waals surface area contributed by atoms with Crippen LogP contribution in [-0.4, -0.2) is 23.5 Å². The summed E-state index contributed by atoms with van der Waals surface area (Å²) >= 11 is 0. The van der Waals surface area contributed by atoms with E-state index in [-0.39, 0.29) is 12.0 Å². The number of rotatable bonds is 8. The fourth-order valence-corrected chi connectivity index (χ4v) is 2.77. The number of carbonyl (C=O) groups excluding carboxylic acids is 1. The van der Waals surface area contributed by atoms with Crippen LogP contribution in [0.1, 0.15) is 29.8 Å². The van der Waals surface area contributed by atoms with Crippen LogP contribution in [0.5, 0.6) is 5.75 Å². The van der Waals surface area contributed by atoms with E-state index in [1.807, 2.05) is 56.3 Å². The molecule has 5 heteroatoms. The number of aromatic nitrogens is 1. The summed E-state index contributed by atoms with van der Waals surface area (Å²) in [5.74, 6) is 1.13. The smallest absolute Gasteiger partial charge is 0.255 e. The topological polar surface area (TPSA) is 63.2 Å². The lowest BCUT2D eigenvalue weighted by atomic mass is 10.1. The Hall–Kier alpha value is -3.34. The monoisotopic (exact) mass is 375 g/mol. The third-order valence-electron chi connectivity index (χ3n) is 4.08. The molecule has 0 spiro atoms. The summed E-state index contributed by atoms with van der Waals surface area (Å²) in [5.41, 5.74) is 2.44. The van der Waals surface area contributed by atoms with Crippen molar-refractivity contribution in [2.24, 2.45) is 0 Å². The summed E-state index contributed by atoms with van der Waals surface area (Å²) in [5, 5.41) is 6.20. The van der Waals surface area contributed by atoms with Gasteiger partial charge in [-0.15, -0.1) is 0 Å². The number of ether oxygens (including phenoxy) is 1. The van der Waals surface area contributed by atoms with Gasteiger partial charge in [0.1, 0.15) is 11.6 Å². The molecular formula is C23H25N3O2. The first-order valence-electron chi connectivity index (χ1n) is 9.42. The minimum atomic E-state index is -0.201. The second-order valence-electron chi connectivity index (χ2n) is 6.71. The average molecular weight is 375 g/mol. The molecule has 0 unspecified atom stereocenters. The Morgan fingerprint density at radius 2 is 1.79 bits per heavy atom. The highest BCUT2D eigenvalue weighted by Gasteiger charge is 2.11. The van der Waals surface area contributed by atoms with E-state index in [2.05, 4.69) is 27.8 Å². The van der Waals surface area contributed by atoms with Crippen LogP contribution < -0.4 is 15.4 Å². The number of pyridine rings is 1. The van der Waals surface area contributed by atoms with Gasteiger partial charge in [-0.3, -0.25) is 4.79 Å². The molecule has 0 saturated heterocycles. The number of nitrogens with one attached hydrogen (secondary N) is 2. The second-order valence-corrected chi connectivity index (χ2v) is 6.71. The van der Waals surface area contributed by atoms with Crippen molar-refractivity contribution in [1.82, 2.24) is 4.98 Å². The quantitative estimate of drug-likeness (QED) is 0.595. The van der Waals surface area contributed by atoms with Crippen molar-refractivity contribution in [2.45, 2.75) is 26.4 Å². The Labute approximate surface area is 165 Å². The second kappa shape index (κ2) is 9.55. The highest BCUT2D eigenvalue weighted by atomic mass is 16.5. The molecule has 0 saturated carbocycles. The fourth-order valence-electron chi connectivity index (χ4n) is 2.77. The summed E-state index contributed by atoms with van der Waals surface area (Å²) in [6.45, 7) is 4.65. The molecule has 1 heterocycles. The predicted molar refractivity (Wildman–Crippen MR) is 113 cm³/mol. The average Bonchev–Trinajstić information content (AvgIpc) is 2.70. The van der Waals surface area contributed by atoms with Gasteiger partial charge in [0.25, 0.3) is 5.91 Å². The largest absolute Gasteiger partial charge is 0.489 e. The maximum absolute atomic E-state index is 12.7. The van der Waals surface area contributed by atoms with Crippen LogP contribution >= 0.6 is 0 Å². The van der Waals surface area contributed by atoms with Crippen LogP contribution in [0.2, 0.25) is 0 Å². The zero-order chi connectivity index (χ0) is 19.8. The summed E-state index contributed by atoms with van der Waals surface area (Å²) < 4.78 is 5.76. The third-order valence-corrected chi connectivity index (χ3v) is 4.08. The van der Waals surface area contributed by atoms with E-state index >= 15 is 0 Å². The van der Waals surface area contributed by atoms with Crippen LogP contribution in [0.15, 0.2) is 72.9 Å². The molecule has 0 atom stereocenters. The van der Waals surface area contributed by atoms with Gasteiger partial charge in [-0.05, 0) is 50.1 Å². The summed E-state index contributed by atoms with van der Waals surface area (Å²) in [7, 11) is 0. The summed E-state index contributed by atoms with van der Waals surface area (Å²) in [6.07, 6.45) is 2.55. The lowest BCUT2D eigenvalue weighted by Gasteiger charge is -2.15. The van der Waals surface area contributed by atoms with Crippen LogP contribution in [0, 0.1) is 0 Å². The number of carbonyl (C=O) groups is 1. The van der Waals surface area contributed by atoms with Gasteiger partial charge in [0.15, 0.2) is 0 Å². The van der Waals surface area contributed by atoms with Gasteiger partial charge >= 0.3 is 0 Å². The molecule has 1 aromatic heterocycles. The summed E-state index contributed by atoms with van der Waals surface area (Å²) in [4.78, 5) is 17.0. The highest BCUT2D eigenvalue weighted by Crippen LogP contribution is 2.25. The third kappa shape index (κ3) is 5.58. The molecule has 0 aliphatic heterocycles. The van der Waals surface area contributed by atoms with Crippen molar-refractivity contribution in [3.8, 4) is 5.75 Å². The van der Waals surface area contributed by atoms with Crippen LogP contribution in [-0.2, 0) is 6.42 Å². The van der Waals surface area contributed by atoms with Crippen molar-refractivity contribution in [3.05, 3.63) is 84.1 Å². The van der Waals surface area contributed by atoms with Crippen LogP contribution in [0.4, 0.5) is 11.5 Å². The van der Waals surface area contributed by atoms with Crippen molar-refractivity contribution in [1.29, 1.82) is 0 Å². The van der Waals surface area contributed by atoms with Gasteiger partial charge in [0.05, 0.1) is 11.8 Å². The van der Waals surface area contributed by atoms with Crippen molar-refractivity contribution >= 4 is 17.4 Å². The van der Waals surface area contributed by atoms with Crippen molar-refractivity contribution < 1.29 is 9.53 Å². The predicted octanol–water partition coefficient (Wildman–Crippen LogP) is 4.78. The number of anilines is 2. The number of benzene rings is 2. The maximum atomic E-state index is 12.7. The lowest BCUT2D eigenvalue weighted by Crippen LogP contribution is -2.15. The number of hydrogen-bond donors (Lipinski definition) is 2. The minimum absolute atomic E-state index is 0.0272. The molecule has 3 rings (SSSR count).